The summed E-state index contributed by atoms with van der Waals surface area (Å²) in [4.78, 5) is 41.8. The number of carbonyl (C=O) groups is 3. The molecular weight excluding hydrogens is 426 g/mol. The summed E-state index contributed by atoms with van der Waals surface area (Å²) in [7, 11) is 0. The van der Waals surface area contributed by atoms with Gasteiger partial charge < -0.3 is 0 Å². The van der Waals surface area contributed by atoms with Crippen LogP contribution in [0.3, 0.4) is 0 Å². The molecule has 6 rings (SSSR count). The summed E-state index contributed by atoms with van der Waals surface area (Å²) < 4.78 is 0. The summed E-state index contributed by atoms with van der Waals surface area (Å²) in [5, 5.41) is 6.30. The maximum absolute atomic E-state index is 13.9. The van der Waals surface area contributed by atoms with Crippen molar-refractivity contribution in [3.8, 4) is 11.1 Å². The Morgan fingerprint density at radius 3 is 2.21 bits per heavy atom. The second-order valence-electron chi connectivity index (χ2n) is 8.92. The number of hydrogen-bond acceptors (Lipinski definition) is 5. The first-order valence-corrected chi connectivity index (χ1v) is 11.6. The van der Waals surface area contributed by atoms with E-state index in [2.05, 4.69) is 5.10 Å². The molecule has 6 nitrogen and oxygen atoms in total. The molecule has 2 fully saturated rings. The van der Waals surface area contributed by atoms with Crippen LogP contribution in [-0.4, -0.2) is 46.3 Å². The second-order valence-corrected chi connectivity index (χ2v) is 8.92. The zero-order chi connectivity index (χ0) is 23.4. The van der Waals surface area contributed by atoms with E-state index in [1.54, 1.807) is 30.3 Å². The number of imide groups is 1. The maximum atomic E-state index is 13.9. The van der Waals surface area contributed by atoms with Gasteiger partial charge in [-0.15, -0.1) is 0 Å². The van der Waals surface area contributed by atoms with Crippen molar-refractivity contribution in [3.63, 3.8) is 0 Å². The molecule has 3 aromatic carbocycles. The van der Waals surface area contributed by atoms with Crippen LogP contribution in [0.25, 0.3) is 11.1 Å². The lowest BCUT2D eigenvalue weighted by Gasteiger charge is -2.33. The van der Waals surface area contributed by atoms with Gasteiger partial charge in [0.1, 0.15) is 6.04 Å². The van der Waals surface area contributed by atoms with Crippen LogP contribution >= 0.6 is 0 Å². The molecule has 4 atom stereocenters. The van der Waals surface area contributed by atoms with Crippen LogP contribution in [0.4, 0.5) is 0 Å². The van der Waals surface area contributed by atoms with Gasteiger partial charge >= 0.3 is 0 Å². The van der Waals surface area contributed by atoms with E-state index in [9.17, 15) is 14.4 Å². The van der Waals surface area contributed by atoms with Gasteiger partial charge in [-0.3, -0.25) is 24.3 Å². The molecule has 3 aromatic rings. The summed E-state index contributed by atoms with van der Waals surface area (Å²) in [5.74, 6) is -2.05. The number of nitrogens with zero attached hydrogens (tertiary/aromatic N) is 3. The van der Waals surface area contributed by atoms with Gasteiger partial charge in [0.05, 0.1) is 24.1 Å². The second kappa shape index (κ2) is 7.76. The first kappa shape index (κ1) is 20.5. The fourth-order valence-corrected chi connectivity index (χ4v) is 5.67. The number of ketones is 1. The highest BCUT2D eigenvalue weighted by Crippen LogP contribution is 2.52. The minimum atomic E-state index is -0.824. The van der Waals surface area contributed by atoms with Crippen LogP contribution in [0.15, 0.2) is 84.0 Å². The molecule has 0 aliphatic carbocycles. The highest BCUT2D eigenvalue weighted by atomic mass is 16.2. The van der Waals surface area contributed by atoms with E-state index in [0.717, 1.165) is 22.3 Å². The topological polar surface area (TPSA) is 70.1 Å². The van der Waals surface area contributed by atoms with E-state index in [0.29, 0.717) is 12.1 Å². The highest BCUT2D eigenvalue weighted by molar-refractivity contribution is 6.12. The number of hydrogen-bond donors (Lipinski definition) is 0. The van der Waals surface area contributed by atoms with Crippen LogP contribution in [0.2, 0.25) is 0 Å². The van der Waals surface area contributed by atoms with Gasteiger partial charge in [-0.25, -0.2) is 0 Å². The van der Waals surface area contributed by atoms with Crippen molar-refractivity contribution in [2.75, 3.05) is 6.54 Å². The van der Waals surface area contributed by atoms with Gasteiger partial charge in [0, 0.05) is 12.1 Å². The molecule has 0 saturated carbocycles. The van der Waals surface area contributed by atoms with E-state index in [1.807, 2.05) is 66.7 Å². The Balaban J connectivity index is 1.41. The summed E-state index contributed by atoms with van der Waals surface area (Å²) in [6.45, 7) is 2.09. The molecule has 0 unspecified atom stereocenters. The van der Waals surface area contributed by atoms with E-state index >= 15 is 0 Å². The van der Waals surface area contributed by atoms with Crippen LogP contribution < -0.4 is 0 Å². The number of likely N-dealkylation sites (tertiary alicyclic amines) is 1. The summed E-state index contributed by atoms with van der Waals surface area (Å²) >= 11 is 0. The van der Waals surface area contributed by atoms with Crippen LogP contribution in [-0.2, 0) is 9.59 Å². The Morgan fingerprint density at radius 2 is 1.47 bits per heavy atom. The van der Waals surface area contributed by atoms with E-state index in [4.69, 9.17) is 0 Å². The van der Waals surface area contributed by atoms with Gasteiger partial charge in [0.2, 0.25) is 11.8 Å². The van der Waals surface area contributed by atoms with Gasteiger partial charge in [-0.05, 0) is 29.2 Å². The average molecular weight is 450 g/mol. The van der Waals surface area contributed by atoms with Crippen LogP contribution in [0.5, 0.6) is 0 Å². The largest absolute Gasteiger partial charge is 0.292 e. The van der Waals surface area contributed by atoms with Crippen molar-refractivity contribution in [2.24, 2.45) is 16.9 Å². The van der Waals surface area contributed by atoms with Crippen LogP contribution in [0.1, 0.15) is 34.5 Å². The maximum Gasteiger partial charge on any atom is 0.235 e. The molecule has 2 saturated heterocycles. The molecule has 2 amide bonds. The van der Waals surface area contributed by atoms with Crippen molar-refractivity contribution in [1.29, 1.82) is 0 Å². The number of fused-ring (bicyclic) bond motifs is 5. The smallest absolute Gasteiger partial charge is 0.235 e. The number of Topliss-reactive ketones (excluding diaryl/α,β-unsaturated/α-hetero) is 1. The molecule has 0 aromatic heterocycles. The summed E-state index contributed by atoms with van der Waals surface area (Å²) in [5.41, 5.74) is 4.43. The van der Waals surface area contributed by atoms with E-state index in [-0.39, 0.29) is 17.6 Å². The third-order valence-corrected chi connectivity index (χ3v) is 7.25. The Hall–Kier alpha value is -4.06. The standard InChI is InChI=1S/C28H23N3O3/c1-2-30-27(33)22-23(28(30)34)25(31-24(22)21-11-7-6-10-20(21)16-29-31)26(32)19-14-12-18(13-15-19)17-8-4-3-5-9-17/h3-16,22-25H,2H2,1H3/t22-,23+,24+,25+/m0/s1. The third kappa shape index (κ3) is 2.88. The van der Waals surface area contributed by atoms with E-state index in [1.165, 1.54) is 4.90 Å². The van der Waals surface area contributed by atoms with Crippen molar-refractivity contribution >= 4 is 23.8 Å². The van der Waals surface area contributed by atoms with Crippen LogP contribution in [0, 0.1) is 11.8 Å². The lowest BCUT2D eigenvalue weighted by molar-refractivity contribution is -0.141. The molecule has 34 heavy (non-hydrogen) atoms. The fraction of sp³-hybridized carbons (Fsp3) is 0.214. The normalized spacial score (nSPS) is 24.7. The zero-order valence-electron chi connectivity index (χ0n) is 18.7. The monoisotopic (exact) mass is 449 g/mol. The predicted octanol–water partition coefficient (Wildman–Crippen LogP) is 3.93. The Bertz CT molecular complexity index is 1330. The summed E-state index contributed by atoms with van der Waals surface area (Å²) in [6.07, 6.45) is 1.72. The molecule has 0 N–H and O–H groups in total. The van der Waals surface area contributed by atoms with Gasteiger partial charge in [-0.2, -0.15) is 5.10 Å². The first-order valence-electron chi connectivity index (χ1n) is 11.6. The fourth-order valence-electron chi connectivity index (χ4n) is 5.67. The highest BCUT2D eigenvalue weighted by Gasteiger charge is 2.64. The number of carbonyl (C=O) groups excluding carboxylic acids is 3. The van der Waals surface area contributed by atoms with Crippen molar-refractivity contribution in [1.82, 2.24) is 9.91 Å². The molecule has 6 heteroatoms. The van der Waals surface area contributed by atoms with Crippen molar-refractivity contribution < 1.29 is 14.4 Å². The molecule has 168 valence electrons. The number of rotatable bonds is 4. The lowest BCUT2D eigenvalue weighted by Crippen LogP contribution is -2.44. The minimum absolute atomic E-state index is 0.187. The molecule has 3 aliphatic heterocycles. The van der Waals surface area contributed by atoms with Gasteiger partial charge in [0.25, 0.3) is 0 Å². The number of benzene rings is 3. The molecular formula is C28H23N3O3. The zero-order valence-corrected chi connectivity index (χ0v) is 18.7. The van der Waals surface area contributed by atoms with Crippen molar-refractivity contribution in [3.05, 3.63) is 95.6 Å². The third-order valence-electron chi connectivity index (χ3n) is 7.25. The Kier molecular flexibility index (Phi) is 4.69. The van der Waals surface area contributed by atoms with E-state index < -0.39 is 23.9 Å². The molecule has 3 aliphatic rings. The Labute approximate surface area is 197 Å². The molecule has 0 bridgehead atoms. The quantitative estimate of drug-likeness (QED) is 0.447. The first-order chi connectivity index (χ1) is 16.6. The minimum Gasteiger partial charge on any atom is -0.292 e. The average Bonchev–Trinajstić information content (AvgIpc) is 3.36. The summed E-state index contributed by atoms with van der Waals surface area (Å²) in [6, 6.07) is 23.9. The van der Waals surface area contributed by atoms with Gasteiger partial charge in [0.15, 0.2) is 5.78 Å². The number of amides is 2. The number of hydrazone groups is 1. The Morgan fingerprint density at radius 1 is 0.824 bits per heavy atom. The van der Waals surface area contributed by atoms with Crippen molar-refractivity contribution in [2.45, 2.75) is 19.0 Å². The molecule has 0 radical (unpaired) electrons. The molecule has 0 spiro atoms. The van der Waals surface area contributed by atoms with Gasteiger partial charge in [-0.1, -0.05) is 78.9 Å². The predicted molar refractivity (Wildman–Crippen MR) is 128 cm³/mol. The lowest BCUT2D eigenvalue weighted by atomic mass is 9.83. The SMILES string of the molecule is CCN1C(=O)[C@@H]2[C@H](C1=O)[C@H]1c3ccccc3C=NN1[C@H]2C(=O)c1ccc(-c2ccccc2)cc1. The molecule has 3 heterocycles.